The Labute approximate surface area is 122 Å². The zero-order valence-electron chi connectivity index (χ0n) is 10.5. The highest BCUT2D eigenvalue weighted by atomic mass is 35.5. The number of fused-ring (bicyclic) bond motifs is 1. The fourth-order valence-corrected chi connectivity index (χ4v) is 3.28. The van der Waals surface area contributed by atoms with Gasteiger partial charge in [-0.3, -0.25) is 4.79 Å². The van der Waals surface area contributed by atoms with Crippen LogP contribution in [-0.2, 0) is 0 Å². The average Bonchev–Trinajstić information content (AvgIpc) is 2.84. The van der Waals surface area contributed by atoms with Crippen LogP contribution in [0.5, 0.6) is 0 Å². The number of hydrogen-bond acceptors (Lipinski definition) is 3. The van der Waals surface area contributed by atoms with Crippen molar-refractivity contribution in [3.05, 3.63) is 35.2 Å². The van der Waals surface area contributed by atoms with Gasteiger partial charge in [0.25, 0.3) is 5.91 Å². The summed E-state index contributed by atoms with van der Waals surface area (Å²) in [5.74, 6) is 0.0723. The van der Waals surface area contributed by atoms with Gasteiger partial charge in [0.2, 0.25) is 0 Å². The first kappa shape index (κ1) is 14.3. The Hall–Kier alpha value is -1.10. The van der Waals surface area contributed by atoms with Gasteiger partial charge in [0.1, 0.15) is 0 Å². The minimum absolute atomic E-state index is 0. The Bertz CT molecular complexity index is 530. The van der Waals surface area contributed by atoms with Crippen molar-refractivity contribution >= 4 is 39.7 Å². The highest BCUT2D eigenvalue weighted by Gasteiger charge is 2.17. The number of rotatable bonds is 2. The molecule has 1 aliphatic heterocycles. The molecule has 2 N–H and O–H groups in total. The Balaban J connectivity index is 0.00000133. The van der Waals surface area contributed by atoms with Crippen molar-refractivity contribution < 1.29 is 4.79 Å². The van der Waals surface area contributed by atoms with Gasteiger partial charge >= 0.3 is 0 Å². The molecule has 3 rings (SSSR count). The average molecular weight is 297 g/mol. The highest BCUT2D eigenvalue weighted by Crippen LogP contribution is 2.25. The third kappa shape index (κ3) is 3.26. The number of hydrogen-bond donors (Lipinski definition) is 2. The second-order valence-electron chi connectivity index (χ2n) is 4.65. The largest absolute Gasteiger partial charge is 0.349 e. The maximum absolute atomic E-state index is 12.2. The van der Waals surface area contributed by atoms with E-state index >= 15 is 0 Å². The molecule has 19 heavy (non-hydrogen) atoms. The van der Waals surface area contributed by atoms with Gasteiger partial charge in [-0.25, -0.2) is 0 Å². The van der Waals surface area contributed by atoms with Crippen LogP contribution in [0, 0.1) is 0 Å². The van der Waals surface area contributed by atoms with Gasteiger partial charge in [0.15, 0.2) is 0 Å². The third-order valence-corrected chi connectivity index (χ3v) is 4.44. The molecule has 1 fully saturated rings. The third-order valence-electron chi connectivity index (χ3n) is 3.32. The van der Waals surface area contributed by atoms with Crippen molar-refractivity contribution in [2.75, 3.05) is 13.1 Å². The minimum Gasteiger partial charge on any atom is -0.349 e. The van der Waals surface area contributed by atoms with Crippen LogP contribution in [0.3, 0.4) is 0 Å². The summed E-state index contributed by atoms with van der Waals surface area (Å²) in [5, 5.41) is 7.58. The van der Waals surface area contributed by atoms with E-state index in [1.165, 1.54) is 4.70 Å². The van der Waals surface area contributed by atoms with E-state index in [4.69, 9.17) is 0 Å². The summed E-state index contributed by atoms with van der Waals surface area (Å²) in [6.45, 7) is 1.99. The van der Waals surface area contributed by atoms with Gasteiger partial charge < -0.3 is 10.6 Å². The summed E-state index contributed by atoms with van der Waals surface area (Å²) in [7, 11) is 0. The molecule has 1 aromatic carbocycles. The second kappa shape index (κ2) is 6.37. The van der Waals surface area contributed by atoms with Crippen LogP contribution in [-0.4, -0.2) is 25.0 Å². The summed E-state index contributed by atoms with van der Waals surface area (Å²) < 4.78 is 1.17. The topological polar surface area (TPSA) is 41.1 Å². The molecule has 5 heteroatoms. The Morgan fingerprint density at radius 2 is 2.00 bits per heavy atom. The van der Waals surface area contributed by atoms with Crippen molar-refractivity contribution in [1.29, 1.82) is 0 Å². The van der Waals surface area contributed by atoms with Crippen molar-refractivity contribution in [2.45, 2.75) is 18.9 Å². The maximum Gasteiger partial charge on any atom is 0.261 e. The van der Waals surface area contributed by atoms with Crippen molar-refractivity contribution in [3.63, 3.8) is 0 Å². The molecule has 1 amide bonds. The van der Waals surface area contributed by atoms with E-state index in [0.717, 1.165) is 36.2 Å². The van der Waals surface area contributed by atoms with Crippen LogP contribution < -0.4 is 10.6 Å². The molecule has 0 radical (unpaired) electrons. The first-order valence-corrected chi connectivity index (χ1v) is 7.15. The van der Waals surface area contributed by atoms with Crippen molar-refractivity contribution in [2.24, 2.45) is 0 Å². The molecular weight excluding hydrogens is 280 g/mol. The van der Waals surface area contributed by atoms with Gasteiger partial charge in [-0.15, -0.1) is 23.7 Å². The number of nitrogens with one attached hydrogen (secondary N) is 2. The summed E-state index contributed by atoms with van der Waals surface area (Å²) in [6.07, 6.45) is 2.05. The lowest BCUT2D eigenvalue weighted by molar-refractivity contribution is 0.0934. The Morgan fingerprint density at radius 1 is 1.26 bits per heavy atom. The molecule has 1 aliphatic rings. The molecule has 0 aliphatic carbocycles. The van der Waals surface area contributed by atoms with E-state index < -0.39 is 0 Å². The molecular formula is C14H17ClN2OS. The molecule has 3 nitrogen and oxygen atoms in total. The quantitative estimate of drug-likeness (QED) is 0.895. The molecule has 0 saturated carbocycles. The van der Waals surface area contributed by atoms with Crippen LogP contribution in [0.4, 0.5) is 0 Å². The lowest BCUT2D eigenvalue weighted by Crippen LogP contribution is -2.42. The lowest BCUT2D eigenvalue weighted by Gasteiger charge is -2.23. The van der Waals surface area contributed by atoms with Gasteiger partial charge in [-0.05, 0) is 43.5 Å². The van der Waals surface area contributed by atoms with Gasteiger partial charge in [-0.1, -0.05) is 18.2 Å². The van der Waals surface area contributed by atoms with E-state index in [2.05, 4.69) is 16.7 Å². The van der Waals surface area contributed by atoms with E-state index in [1.807, 2.05) is 24.3 Å². The predicted octanol–water partition coefficient (Wildman–Crippen LogP) is 2.80. The fourth-order valence-electron chi connectivity index (χ4n) is 2.32. The zero-order valence-corrected chi connectivity index (χ0v) is 12.2. The number of carbonyl (C=O) groups is 1. The Morgan fingerprint density at radius 3 is 2.74 bits per heavy atom. The first-order valence-electron chi connectivity index (χ1n) is 6.33. The molecule has 2 aromatic rings. The smallest absolute Gasteiger partial charge is 0.261 e. The summed E-state index contributed by atoms with van der Waals surface area (Å²) in [4.78, 5) is 13.0. The molecule has 0 bridgehead atoms. The first-order chi connectivity index (χ1) is 8.83. The molecule has 0 spiro atoms. The number of amides is 1. The van der Waals surface area contributed by atoms with Crippen LogP contribution in [0.1, 0.15) is 22.5 Å². The molecule has 102 valence electrons. The lowest BCUT2D eigenvalue weighted by atomic mass is 10.1. The summed E-state index contributed by atoms with van der Waals surface area (Å²) in [6, 6.07) is 10.4. The maximum atomic E-state index is 12.2. The van der Waals surface area contributed by atoms with Gasteiger partial charge in [-0.2, -0.15) is 0 Å². The van der Waals surface area contributed by atoms with Crippen LogP contribution >= 0.6 is 23.7 Å². The summed E-state index contributed by atoms with van der Waals surface area (Å²) in [5.41, 5.74) is 0. The predicted molar refractivity (Wildman–Crippen MR) is 82.4 cm³/mol. The summed E-state index contributed by atoms with van der Waals surface area (Å²) >= 11 is 1.57. The van der Waals surface area contributed by atoms with Gasteiger partial charge in [0.05, 0.1) is 4.88 Å². The van der Waals surface area contributed by atoms with E-state index in [-0.39, 0.29) is 18.3 Å². The fraction of sp³-hybridized carbons (Fsp3) is 0.357. The van der Waals surface area contributed by atoms with E-state index in [1.54, 1.807) is 11.3 Å². The number of halogens is 1. The SMILES string of the molecule is Cl.O=C(NC1CCNCC1)c1cc2ccccc2s1. The van der Waals surface area contributed by atoms with Crippen molar-refractivity contribution in [1.82, 2.24) is 10.6 Å². The molecule has 0 unspecified atom stereocenters. The molecule has 1 saturated heterocycles. The number of carbonyl (C=O) groups excluding carboxylic acids is 1. The van der Waals surface area contributed by atoms with E-state index in [9.17, 15) is 4.79 Å². The van der Waals surface area contributed by atoms with Crippen LogP contribution in [0.25, 0.3) is 10.1 Å². The monoisotopic (exact) mass is 296 g/mol. The minimum atomic E-state index is 0. The second-order valence-corrected chi connectivity index (χ2v) is 5.73. The van der Waals surface area contributed by atoms with Crippen LogP contribution in [0.2, 0.25) is 0 Å². The number of piperidine rings is 1. The number of benzene rings is 1. The molecule has 2 heterocycles. The normalized spacial score (nSPS) is 16.0. The Kier molecular flexibility index (Phi) is 4.80. The molecule has 0 atom stereocenters. The standard InChI is InChI=1S/C14H16N2OS.ClH/c17-14(16-11-5-7-15-8-6-11)13-9-10-3-1-2-4-12(10)18-13;/h1-4,9,11,15H,5-8H2,(H,16,17);1H. The van der Waals surface area contributed by atoms with Crippen LogP contribution in [0.15, 0.2) is 30.3 Å². The van der Waals surface area contributed by atoms with Crippen molar-refractivity contribution in [3.8, 4) is 0 Å². The zero-order chi connectivity index (χ0) is 12.4. The van der Waals surface area contributed by atoms with E-state index in [0.29, 0.717) is 6.04 Å². The van der Waals surface area contributed by atoms with Gasteiger partial charge in [0, 0.05) is 10.7 Å². The molecule has 1 aromatic heterocycles. The number of thiophene rings is 1. The highest BCUT2D eigenvalue weighted by molar-refractivity contribution is 7.20.